The Morgan fingerprint density at radius 2 is 2.08 bits per heavy atom. The van der Waals surface area contributed by atoms with Gasteiger partial charge in [0.05, 0.1) is 17.6 Å². The van der Waals surface area contributed by atoms with Gasteiger partial charge in [0.1, 0.15) is 5.82 Å². The van der Waals surface area contributed by atoms with Crippen LogP contribution >= 0.6 is 0 Å². The lowest BCUT2D eigenvalue weighted by molar-refractivity contribution is -0.0649. The molecule has 0 amide bonds. The van der Waals surface area contributed by atoms with Crippen molar-refractivity contribution in [3.05, 3.63) is 53.9 Å². The molecule has 2 aromatic rings. The molecule has 134 valence electrons. The number of benzene rings is 1. The van der Waals surface area contributed by atoms with E-state index in [2.05, 4.69) is 21.4 Å². The maximum Gasteiger partial charge on any atom is 0.123 e. The zero-order valence-electron chi connectivity index (χ0n) is 14.7. The van der Waals surface area contributed by atoms with E-state index < -0.39 is 5.60 Å². The summed E-state index contributed by atoms with van der Waals surface area (Å²) < 4.78 is 15.5. The van der Waals surface area contributed by atoms with Crippen LogP contribution in [0, 0.1) is 17.7 Å². The predicted octanol–water partition coefficient (Wildman–Crippen LogP) is 3.16. The van der Waals surface area contributed by atoms with Crippen LogP contribution in [0.15, 0.2) is 36.8 Å². The van der Waals surface area contributed by atoms with Gasteiger partial charge in [-0.1, -0.05) is 12.1 Å². The Morgan fingerprint density at radius 3 is 2.84 bits per heavy atom. The van der Waals surface area contributed by atoms with E-state index in [-0.39, 0.29) is 11.7 Å². The molecule has 4 rings (SSSR count). The average Bonchev–Trinajstić information content (AvgIpc) is 3.23. The molecule has 1 saturated carbocycles. The van der Waals surface area contributed by atoms with Gasteiger partial charge >= 0.3 is 0 Å². The van der Waals surface area contributed by atoms with E-state index in [1.807, 2.05) is 12.5 Å². The van der Waals surface area contributed by atoms with Gasteiger partial charge in [0.2, 0.25) is 0 Å². The number of fused-ring (bicyclic) bond motifs is 1. The average molecular weight is 343 g/mol. The van der Waals surface area contributed by atoms with E-state index in [0.717, 1.165) is 51.0 Å². The lowest BCUT2D eigenvalue weighted by atomic mass is 9.67. The van der Waals surface area contributed by atoms with E-state index >= 15 is 0 Å². The van der Waals surface area contributed by atoms with Crippen LogP contribution in [0.3, 0.4) is 0 Å². The highest BCUT2D eigenvalue weighted by Gasteiger charge is 2.49. The maximum atomic E-state index is 13.3. The molecule has 1 aliphatic carbocycles. The summed E-state index contributed by atoms with van der Waals surface area (Å²) in [7, 11) is 0. The molecular weight excluding hydrogens is 317 g/mol. The van der Waals surface area contributed by atoms with Crippen LogP contribution in [-0.4, -0.2) is 32.6 Å². The van der Waals surface area contributed by atoms with Crippen molar-refractivity contribution in [3.63, 3.8) is 0 Å². The minimum atomic E-state index is -0.837. The molecule has 1 aromatic carbocycles. The van der Waals surface area contributed by atoms with Gasteiger partial charge in [-0.3, -0.25) is 4.90 Å². The maximum absolute atomic E-state index is 13.3. The Morgan fingerprint density at radius 1 is 1.28 bits per heavy atom. The van der Waals surface area contributed by atoms with Crippen molar-refractivity contribution >= 4 is 0 Å². The van der Waals surface area contributed by atoms with Crippen LogP contribution in [0.4, 0.5) is 4.39 Å². The molecule has 0 spiro atoms. The van der Waals surface area contributed by atoms with Gasteiger partial charge in [-0.25, -0.2) is 9.37 Å². The molecular formula is C20H26FN3O. The Bertz CT molecular complexity index is 729. The number of likely N-dealkylation sites (tertiary alicyclic amines) is 1. The molecule has 0 radical (unpaired) electrons. The summed E-state index contributed by atoms with van der Waals surface area (Å²) in [5.41, 5.74) is 1.26. The SMILES string of the molecule is CCn1cncc1CN1C[C@@H]2CCC[C@@](O)(c3ccc(F)cc3)[C@@H]2C1. The molecule has 1 saturated heterocycles. The Balaban J connectivity index is 1.55. The summed E-state index contributed by atoms with van der Waals surface area (Å²) in [6, 6.07) is 6.44. The number of hydrogen-bond acceptors (Lipinski definition) is 3. The van der Waals surface area contributed by atoms with Crippen molar-refractivity contribution in [1.29, 1.82) is 0 Å². The van der Waals surface area contributed by atoms with E-state index in [9.17, 15) is 9.50 Å². The predicted molar refractivity (Wildman–Crippen MR) is 94.3 cm³/mol. The van der Waals surface area contributed by atoms with Crippen molar-refractivity contribution in [3.8, 4) is 0 Å². The summed E-state index contributed by atoms with van der Waals surface area (Å²) in [5, 5.41) is 11.5. The topological polar surface area (TPSA) is 41.3 Å². The van der Waals surface area contributed by atoms with Crippen molar-refractivity contribution in [2.45, 2.75) is 44.9 Å². The van der Waals surface area contributed by atoms with Crippen molar-refractivity contribution in [2.75, 3.05) is 13.1 Å². The number of halogens is 1. The van der Waals surface area contributed by atoms with Crippen LogP contribution in [0.5, 0.6) is 0 Å². The van der Waals surface area contributed by atoms with E-state index in [0.29, 0.717) is 5.92 Å². The van der Waals surface area contributed by atoms with Crippen molar-refractivity contribution in [2.24, 2.45) is 11.8 Å². The normalized spacial score (nSPS) is 29.7. The second-order valence-corrected chi connectivity index (χ2v) is 7.56. The third-order valence-corrected chi connectivity index (χ3v) is 6.13. The van der Waals surface area contributed by atoms with Gasteiger partial charge in [0.25, 0.3) is 0 Å². The first-order valence-electron chi connectivity index (χ1n) is 9.30. The van der Waals surface area contributed by atoms with Crippen molar-refractivity contribution in [1.82, 2.24) is 14.5 Å². The molecule has 1 aromatic heterocycles. The number of aromatic nitrogens is 2. The molecule has 2 fully saturated rings. The van der Waals surface area contributed by atoms with Crippen molar-refractivity contribution < 1.29 is 9.50 Å². The zero-order chi connectivity index (χ0) is 17.4. The summed E-state index contributed by atoms with van der Waals surface area (Å²) in [5.74, 6) is 0.465. The number of rotatable bonds is 4. The first-order valence-corrected chi connectivity index (χ1v) is 9.30. The molecule has 3 atom stereocenters. The fourth-order valence-electron chi connectivity index (χ4n) is 4.83. The van der Waals surface area contributed by atoms with Gasteiger partial charge in [-0.15, -0.1) is 0 Å². The third-order valence-electron chi connectivity index (χ3n) is 6.13. The Hall–Kier alpha value is -1.72. The standard InChI is InChI=1S/C20H26FN3O/c1-2-24-14-22-10-18(24)12-23-11-15-4-3-9-20(25,19(15)13-23)16-5-7-17(21)8-6-16/h5-8,10,14-15,19,25H,2-4,9,11-13H2,1H3/t15-,19+,20+/m0/s1. The van der Waals surface area contributed by atoms with Gasteiger partial charge in [-0.05, 0) is 49.8 Å². The quantitative estimate of drug-likeness (QED) is 0.927. The molecule has 5 heteroatoms. The van der Waals surface area contributed by atoms with Gasteiger partial charge in [-0.2, -0.15) is 0 Å². The number of imidazole rings is 1. The summed E-state index contributed by atoms with van der Waals surface area (Å²) in [6.07, 6.45) is 6.78. The lowest BCUT2D eigenvalue weighted by Crippen LogP contribution is -2.42. The minimum Gasteiger partial charge on any atom is -0.385 e. The van der Waals surface area contributed by atoms with Crippen LogP contribution in [0.25, 0.3) is 0 Å². The second-order valence-electron chi connectivity index (χ2n) is 7.56. The van der Waals surface area contributed by atoms with E-state index in [1.54, 1.807) is 12.1 Å². The molecule has 25 heavy (non-hydrogen) atoms. The van der Waals surface area contributed by atoms with Gasteiger partial charge in [0.15, 0.2) is 0 Å². The summed E-state index contributed by atoms with van der Waals surface area (Å²) >= 11 is 0. The third kappa shape index (κ3) is 3.00. The molecule has 1 N–H and O–H groups in total. The van der Waals surface area contributed by atoms with Crippen LogP contribution in [-0.2, 0) is 18.7 Å². The van der Waals surface area contributed by atoms with Gasteiger partial charge < -0.3 is 9.67 Å². The summed E-state index contributed by atoms with van der Waals surface area (Å²) in [6.45, 7) is 5.83. The molecule has 1 aliphatic heterocycles. The number of aryl methyl sites for hydroxylation is 1. The highest BCUT2D eigenvalue weighted by Crippen LogP contribution is 2.48. The van der Waals surface area contributed by atoms with Crippen LogP contribution in [0.2, 0.25) is 0 Å². The molecule has 4 nitrogen and oxygen atoms in total. The molecule has 2 heterocycles. The van der Waals surface area contributed by atoms with Gasteiger partial charge in [0, 0.05) is 38.3 Å². The minimum absolute atomic E-state index is 0.213. The van der Waals surface area contributed by atoms with Crippen LogP contribution < -0.4 is 0 Å². The summed E-state index contributed by atoms with van der Waals surface area (Å²) in [4.78, 5) is 6.70. The van der Waals surface area contributed by atoms with Crippen LogP contribution in [0.1, 0.15) is 37.4 Å². The second kappa shape index (κ2) is 6.54. The monoisotopic (exact) mass is 343 g/mol. The number of nitrogens with zero attached hydrogens (tertiary/aromatic N) is 3. The molecule has 2 aliphatic rings. The molecule has 0 unspecified atom stereocenters. The Labute approximate surface area is 148 Å². The van der Waals surface area contributed by atoms with E-state index in [1.165, 1.54) is 17.8 Å². The number of aliphatic hydroxyl groups is 1. The Kier molecular flexibility index (Phi) is 4.38. The fraction of sp³-hybridized carbons (Fsp3) is 0.550. The fourth-order valence-corrected chi connectivity index (χ4v) is 4.83. The molecule has 0 bridgehead atoms. The number of hydrogen-bond donors (Lipinski definition) is 1. The largest absolute Gasteiger partial charge is 0.385 e. The first-order chi connectivity index (χ1) is 12.1. The highest BCUT2D eigenvalue weighted by atomic mass is 19.1. The first kappa shape index (κ1) is 16.7. The smallest absolute Gasteiger partial charge is 0.123 e. The highest BCUT2D eigenvalue weighted by molar-refractivity contribution is 5.26. The zero-order valence-corrected chi connectivity index (χ0v) is 14.7. The lowest BCUT2D eigenvalue weighted by Gasteiger charge is -2.41. The van der Waals surface area contributed by atoms with E-state index in [4.69, 9.17) is 0 Å².